The van der Waals surface area contributed by atoms with Crippen LogP contribution in [0, 0.1) is 12.8 Å². The summed E-state index contributed by atoms with van der Waals surface area (Å²) in [7, 11) is 0. The Morgan fingerprint density at radius 3 is 2.70 bits per heavy atom. The number of para-hydroxylation sites is 1. The minimum atomic E-state index is -1.24. The van der Waals surface area contributed by atoms with E-state index in [1.54, 1.807) is 13.8 Å². The predicted octanol–water partition coefficient (Wildman–Crippen LogP) is 6.51. The van der Waals surface area contributed by atoms with Crippen LogP contribution < -0.4 is 0 Å². The molecule has 5 rings (SSSR count). The molecule has 33 heavy (non-hydrogen) atoms. The summed E-state index contributed by atoms with van der Waals surface area (Å²) in [5.74, 6) is 0.775. The number of thiophene rings is 1. The predicted molar refractivity (Wildman–Crippen MR) is 138 cm³/mol. The van der Waals surface area contributed by atoms with Gasteiger partial charge in [0.1, 0.15) is 5.67 Å². The van der Waals surface area contributed by atoms with Crippen LogP contribution in [-0.4, -0.2) is 52.7 Å². The molecule has 2 aromatic heterocycles. The maximum absolute atomic E-state index is 15.0. The number of aromatic amines is 1. The number of aromatic nitrogens is 1. The number of benzene rings is 1. The number of fused-ring (bicyclic) bond motifs is 3. The van der Waals surface area contributed by atoms with Gasteiger partial charge in [0.2, 0.25) is 0 Å². The van der Waals surface area contributed by atoms with E-state index in [1.165, 1.54) is 70.0 Å². The van der Waals surface area contributed by atoms with Gasteiger partial charge < -0.3 is 9.88 Å². The smallest absolute Gasteiger partial charge is 0.118 e. The number of nitrogens with one attached hydrogen (secondary N) is 1. The van der Waals surface area contributed by atoms with Crippen molar-refractivity contribution in [2.75, 3.05) is 26.2 Å². The third-order valence-electron chi connectivity index (χ3n) is 7.43. The van der Waals surface area contributed by atoms with Gasteiger partial charge in [-0.2, -0.15) is 0 Å². The maximum atomic E-state index is 15.0. The van der Waals surface area contributed by atoms with Gasteiger partial charge in [-0.25, -0.2) is 4.39 Å². The molecule has 5 heteroatoms. The van der Waals surface area contributed by atoms with E-state index in [0.717, 1.165) is 12.3 Å². The van der Waals surface area contributed by atoms with Crippen LogP contribution in [0.2, 0.25) is 0 Å². The summed E-state index contributed by atoms with van der Waals surface area (Å²) in [6, 6.07) is 11.4. The first-order valence-electron chi connectivity index (χ1n) is 12.6. The first-order chi connectivity index (χ1) is 15.7. The standard InChI is InChI=1S/C28H38FN3S/c1-6-11-31-15-20(16-31)14-24-18(2)12-25(33-24)27-26-22(21-9-7-8-10-23(21)30-26)13-19(3)32(27)17-28(4,5)29/h7-10,12,19-20,27,30H,6,11,13-17H2,1-5H3/t19-,27-/m1/s1. The highest BCUT2D eigenvalue weighted by Crippen LogP contribution is 2.44. The fourth-order valence-electron chi connectivity index (χ4n) is 5.94. The number of likely N-dealkylation sites (tertiary alicyclic amines) is 1. The van der Waals surface area contributed by atoms with Crippen molar-refractivity contribution in [3.63, 3.8) is 0 Å². The first-order valence-corrected chi connectivity index (χ1v) is 13.4. The Morgan fingerprint density at radius 1 is 1.21 bits per heavy atom. The van der Waals surface area contributed by atoms with E-state index in [1.807, 2.05) is 11.3 Å². The first kappa shape index (κ1) is 23.1. The molecule has 1 fully saturated rings. The van der Waals surface area contributed by atoms with E-state index in [9.17, 15) is 4.39 Å². The highest BCUT2D eigenvalue weighted by atomic mass is 32.1. The number of H-pyrrole nitrogens is 1. The lowest BCUT2D eigenvalue weighted by atomic mass is 9.90. The van der Waals surface area contributed by atoms with Gasteiger partial charge in [-0.3, -0.25) is 4.90 Å². The highest BCUT2D eigenvalue weighted by molar-refractivity contribution is 7.12. The second kappa shape index (κ2) is 8.83. The van der Waals surface area contributed by atoms with Crippen LogP contribution >= 0.6 is 11.3 Å². The fourth-order valence-corrected chi connectivity index (χ4v) is 7.37. The van der Waals surface area contributed by atoms with Crippen molar-refractivity contribution in [1.82, 2.24) is 14.8 Å². The molecule has 2 aliphatic rings. The Labute approximate surface area is 202 Å². The summed E-state index contributed by atoms with van der Waals surface area (Å²) in [5, 5.41) is 1.32. The van der Waals surface area contributed by atoms with Crippen LogP contribution in [0.15, 0.2) is 30.3 Å². The minimum absolute atomic E-state index is 0.0848. The van der Waals surface area contributed by atoms with Gasteiger partial charge in [-0.1, -0.05) is 25.1 Å². The molecule has 0 unspecified atom stereocenters. The molecule has 0 radical (unpaired) electrons. The van der Waals surface area contributed by atoms with E-state index >= 15 is 0 Å². The molecule has 0 aliphatic carbocycles. The number of rotatable bonds is 7. The second-order valence-corrected chi connectivity index (χ2v) is 12.2. The van der Waals surface area contributed by atoms with Gasteiger partial charge in [0.05, 0.1) is 6.04 Å². The van der Waals surface area contributed by atoms with E-state index in [2.05, 4.69) is 65.9 Å². The molecule has 1 N–H and O–H groups in total. The van der Waals surface area contributed by atoms with Crippen LogP contribution in [0.25, 0.3) is 10.9 Å². The topological polar surface area (TPSA) is 22.3 Å². The summed E-state index contributed by atoms with van der Waals surface area (Å²) in [6.07, 6.45) is 3.37. The molecule has 3 nitrogen and oxygen atoms in total. The van der Waals surface area contributed by atoms with E-state index in [0.29, 0.717) is 6.54 Å². The fraction of sp³-hybridized carbons (Fsp3) is 0.571. The lowest BCUT2D eigenvalue weighted by molar-refractivity contribution is 0.0679. The molecule has 3 aromatic rings. The van der Waals surface area contributed by atoms with Crippen molar-refractivity contribution in [1.29, 1.82) is 0 Å². The van der Waals surface area contributed by atoms with Crippen molar-refractivity contribution in [2.24, 2.45) is 5.92 Å². The third kappa shape index (κ3) is 4.52. The van der Waals surface area contributed by atoms with Gasteiger partial charge in [-0.05, 0) is 82.7 Å². The van der Waals surface area contributed by atoms with Gasteiger partial charge in [0.15, 0.2) is 0 Å². The molecular formula is C28H38FN3S. The number of nitrogens with zero attached hydrogens (tertiary/aromatic N) is 2. The SMILES string of the molecule is CCCN1CC(Cc2sc([C@@H]3c4[nH]c5ccccc5c4C[C@@H](C)N3CC(C)(C)F)cc2C)C1. The highest BCUT2D eigenvalue weighted by Gasteiger charge is 2.39. The van der Waals surface area contributed by atoms with Crippen LogP contribution in [-0.2, 0) is 12.8 Å². The molecule has 178 valence electrons. The third-order valence-corrected chi connectivity index (χ3v) is 8.74. The zero-order chi connectivity index (χ0) is 23.3. The molecule has 2 aliphatic heterocycles. The zero-order valence-corrected chi connectivity index (χ0v) is 21.6. The van der Waals surface area contributed by atoms with E-state index < -0.39 is 5.67 Å². The largest absolute Gasteiger partial charge is 0.357 e. The number of hydrogen-bond donors (Lipinski definition) is 1. The van der Waals surface area contributed by atoms with Crippen LogP contribution in [0.5, 0.6) is 0 Å². The summed E-state index contributed by atoms with van der Waals surface area (Å²) in [5.41, 5.74) is 4.04. The van der Waals surface area contributed by atoms with Gasteiger partial charge >= 0.3 is 0 Å². The van der Waals surface area contributed by atoms with Gasteiger partial charge in [0.25, 0.3) is 0 Å². The maximum Gasteiger partial charge on any atom is 0.118 e. The number of aryl methyl sites for hydroxylation is 1. The number of alkyl halides is 1. The van der Waals surface area contributed by atoms with Gasteiger partial charge in [-0.15, -0.1) is 11.3 Å². The van der Waals surface area contributed by atoms with Gasteiger partial charge in [0, 0.05) is 52.0 Å². The van der Waals surface area contributed by atoms with Crippen molar-refractivity contribution in [3.05, 3.63) is 56.9 Å². The van der Waals surface area contributed by atoms with Crippen LogP contribution in [0.1, 0.15) is 66.7 Å². The van der Waals surface area contributed by atoms with E-state index in [4.69, 9.17) is 0 Å². The normalized spacial score (nSPS) is 22.6. The molecule has 1 saturated heterocycles. The summed E-state index contributed by atoms with van der Waals surface area (Å²) < 4.78 is 15.0. The lowest BCUT2D eigenvalue weighted by Crippen LogP contribution is -2.47. The quantitative estimate of drug-likeness (QED) is 0.428. The molecule has 2 atom stereocenters. The minimum Gasteiger partial charge on any atom is -0.357 e. The monoisotopic (exact) mass is 467 g/mol. The molecule has 4 heterocycles. The molecular weight excluding hydrogens is 429 g/mol. The average molecular weight is 468 g/mol. The van der Waals surface area contributed by atoms with Crippen molar-refractivity contribution in [2.45, 2.75) is 71.6 Å². The molecule has 0 spiro atoms. The molecule has 0 bridgehead atoms. The Kier molecular flexibility index (Phi) is 6.17. The lowest BCUT2D eigenvalue weighted by Gasteiger charge is -2.42. The number of hydrogen-bond acceptors (Lipinski definition) is 3. The Hall–Kier alpha value is -1.69. The summed E-state index contributed by atoms with van der Waals surface area (Å²) in [6.45, 7) is 14.3. The Morgan fingerprint density at radius 2 is 1.97 bits per heavy atom. The van der Waals surface area contributed by atoms with Crippen LogP contribution in [0.3, 0.4) is 0 Å². The van der Waals surface area contributed by atoms with Crippen molar-refractivity contribution in [3.8, 4) is 0 Å². The van der Waals surface area contributed by atoms with Crippen molar-refractivity contribution >= 4 is 22.2 Å². The molecule has 0 saturated carbocycles. The average Bonchev–Trinajstić information content (AvgIpc) is 3.26. The number of halogens is 1. The second-order valence-electron chi connectivity index (χ2n) is 11.0. The van der Waals surface area contributed by atoms with Crippen molar-refractivity contribution < 1.29 is 4.39 Å². The summed E-state index contributed by atoms with van der Waals surface area (Å²) >= 11 is 1.96. The Bertz CT molecular complexity index is 1120. The van der Waals surface area contributed by atoms with Crippen LogP contribution in [0.4, 0.5) is 4.39 Å². The zero-order valence-electron chi connectivity index (χ0n) is 20.7. The molecule has 1 aromatic carbocycles. The summed E-state index contributed by atoms with van der Waals surface area (Å²) in [4.78, 5) is 11.6. The molecule has 0 amide bonds. The van der Waals surface area contributed by atoms with E-state index in [-0.39, 0.29) is 12.1 Å². The Balaban J connectivity index is 1.50.